The zero-order valence-corrected chi connectivity index (χ0v) is 11.1. The second-order valence-electron chi connectivity index (χ2n) is 5.25. The minimum atomic E-state index is 0.636. The van der Waals surface area contributed by atoms with Crippen LogP contribution in [0.15, 0.2) is 18.5 Å². The van der Waals surface area contributed by atoms with Crippen molar-refractivity contribution in [2.45, 2.75) is 58.4 Å². The van der Waals surface area contributed by atoms with E-state index < -0.39 is 0 Å². The van der Waals surface area contributed by atoms with Gasteiger partial charge in [-0.2, -0.15) is 0 Å². The van der Waals surface area contributed by atoms with Gasteiger partial charge in [-0.15, -0.1) is 0 Å². The molecule has 0 saturated heterocycles. The molecule has 1 saturated carbocycles. The first-order valence-corrected chi connectivity index (χ1v) is 6.98. The summed E-state index contributed by atoms with van der Waals surface area (Å²) < 4.78 is 0. The summed E-state index contributed by atoms with van der Waals surface area (Å²) in [6, 6.07) is 2.73. The number of nitrogens with one attached hydrogen (secondary N) is 1. The number of hydrogen-bond acceptors (Lipinski definition) is 2. The van der Waals surface area contributed by atoms with Gasteiger partial charge in [0, 0.05) is 24.1 Å². The van der Waals surface area contributed by atoms with Crippen LogP contribution >= 0.6 is 0 Å². The molecule has 17 heavy (non-hydrogen) atoms. The highest BCUT2D eigenvalue weighted by Gasteiger charge is 2.22. The van der Waals surface area contributed by atoms with Gasteiger partial charge in [-0.05, 0) is 43.7 Å². The standard InChI is InChI=1S/C15H24N2/c1-3-14(13-7-5-4-6-8-13)17-15-9-10-16-11-12(15)2/h9-11,13-14H,3-8H2,1-2H3,(H,16,17). The first-order chi connectivity index (χ1) is 8.31. The third kappa shape index (κ3) is 3.21. The molecule has 1 aliphatic rings. The topological polar surface area (TPSA) is 24.9 Å². The number of anilines is 1. The Morgan fingerprint density at radius 3 is 2.76 bits per heavy atom. The molecule has 1 N–H and O–H groups in total. The van der Waals surface area contributed by atoms with E-state index in [4.69, 9.17) is 0 Å². The van der Waals surface area contributed by atoms with Crippen molar-refractivity contribution >= 4 is 5.69 Å². The van der Waals surface area contributed by atoms with Crippen LogP contribution in [-0.4, -0.2) is 11.0 Å². The van der Waals surface area contributed by atoms with Gasteiger partial charge in [0.2, 0.25) is 0 Å². The third-order valence-corrected chi connectivity index (χ3v) is 4.02. The highest BCUT2D eigenvalue weighted by molar-refractivity contribution is 5.49. The van der Waals surface area contributed by atoms with Crippen LogP contribution in [0, 0.1) is 12.8 Å². The largest absolute Gasteiger partial charge is 0.382 e. The average molecular weight is 232 g/mol. The smallest absolute Gasteiger partial charge is 0.0403 e. The number of aromatic nitrogens is 1. The van der Waals surface area contributed by atoms with E-state index in [0.29, 0.717) is 6.04 Å². The Bertz CT molecular complexity index is 343. The average Bonchev–Trinajstić information content (AvgIpc) is 2.39. The molecule has 0 aliphatic heterocycles. The first-order valence-electron chi connectivity index (χ1n) is 6.98. The fourth-order valence-corrected chi connectivity index (χ4v) is 2.92. The van der Waals surface area contributed by atoms with Gasteiger partial charge in [-0.25, -0.2) is 0 Å². The van der Waals surface area contributed by atoms with Gasteiger partial charge in [-0.1, -0.05) is 26.2 Å². The molecule has 1 fully saturated rings. The quantitative estimate of drug-likeness (QED) is 0.843. The Kier molecular flexibility index (Phi) is 4.41. The Hall–Kier alpha value is -1.05. The molecule has 0 aromatic carbocycles. The van der Waals surface area contributed by atoms with E-state index in [1.807, 2.05) is 12.4 Å². The van der Waals surface area contributed by atoms with Crippen LogP contribution in [0.1, 0.15) is 51.0 Å². The lowest BCUT2D eigenvalue weighted by atomic mass is 9.83. The normalized spacial score (nSPS) is 18.9. The van der Waals surface area contributed by atoms with Crippen molar-refractivity contribution in [3.8, 4) is 0 Å². The van der Waals surface area contributed by atoms with E-state index in [2.05, 4.69) is 30.2 Å². The minimum Gasteiger partial charge on any atom is -0.382 e. The highest BCUT2D eigenvalue weighted by Crippen LogP contribution is 2.30. The summed E-state index contributed by atoms with van der Waals surface area (Å²) in [4.78, 5) is 4.15. The Morgan fingerprint density at radius 1 is 1.35 bits per heavy atom. The second kappa shape index (κ2) is 6.04. The molecule has 0 radical (unpaired) electrons. The van der Waals surface area contributed by atoms with Crippen LogP contribution in [0.2, 0.25) is 0 Å². The fraction of sp³-hybridized carbons (Fsp3) is 0.667. The van der Waals surface area contributed by atoms with E-state index in [0.717, 1.165) is 5.92 Å². The molecule has 94 valence electrons. The van der Waals surface area contributed by atoms with Gasteiger partial charge in [0.1, 0.15) is 0 Å². The molecule has 2 rings (SSSR count). The van der Waals surface area contributed by atoms with E-state index in [1.165, 1.54) is 49.8 Å². The molecule has 1 aromatic heterocycles. The Labute approximate surface area is 105 Å². The van der Waals surface area contributed by atoms with Crippen molar-refractivity contribution in [3.63, 3.8) is 0 Å². The second-order valence-corrected chi connectivity index (χ2v) is 5.25. The van der Waals surface area contributed by atoms with E-state index in [1.54, 1.807) is 0 Å². The summed E-state index contributed by atoms with van der Waals surface area (Å²) in [6.45, 7) is 4.42. The van der Waals surface area contributed by atoms with Crippen molar-refractivity contribution in [1.29, 1.82) is 0 Å². The summed E-state index contributed by atoms with van der Waals surface area (Å²) in [6.07, 6.45) is 12.1. The lowest BCUT2D eigenvalue weighted by molar-refractivity contribution is 0.313. The molecule has 2 nitrogen and oxygen atoms in total. The number of rotatable bonds is 4. The molecular formula is C15H24N2. The zero-order chi connectivity index (χ0) is 12.1. The lowest BCUT2D eigenvalue weighted by Crippen LogP contribution is -2.30. The number of pyridine rings is 1. The molecule has 2 heteroatoms. The highest BCUT2D eigenvalue weighted by atomic mass is 14.9. The van der Waals surface area contributed by atoms with Crippen molar-refractivity contribution in [1.82, 2.24) is 4.98 Å². The van der Waals surface area contributed by atoms with E-state index in [9.17, 15) is 0 Å². The summed E-state index contributed by atoms with van der Waals surface area (Å²) in [5.41, 5.74) is 2.51. The Balaban J connectivity index is 2.01. The van der Waals surface area contributed by atoms with Crippen LogP contribution in [0.25, 0.3) is 0 Å². The van der Waals surface area contributed by atoms with E-state index >= 15 is 0 Å². The van der Waals surface area contributed by atoms with Crippen LogP contribution in [0.4, 0.5) is 5.69 Å². The van der Waals surface area contributed by atoms with Gasteiger partial charge >= 0.3 is 0 Å². The number of aryl methyl sites for hydroxylation is 1. The predicted molar refractivity (Wildman–Crippen MR) is 73.3 cm³/mol. The van der Waals surface area contributed by atoms with Crippen LogP contribution < -0.4 is 5.32 Å². The lowest BCUT2D eigenvalue weighted by Gasteiger charge is -2.31. The molecule has 0 spiro atoms. The summed E-state index contributed by atoms with van der Waals surface area (Å²) in [5, 5.41) is 3.73. The van der Waals surface area contributed by atoms with Crippen molar-refractivity contribution < 1.29 is 0 Å². The summed E-state index contributed by atoms with van der Waals surface area (Å²) in [7, 11) is 0. The monoisotopic (exact) mass is 232 g/mol. The van der Waals surface area contributed by atoms with Crippen LogP contribution in [-0.2, 0) is 0 Å². The van der Waals surface area contributed by atoms with Gasteiger partial charge in [0.25, 0.3) is 0 Å². The maximum atomic E-state index is 4.15. The predicted octanol–water partition coefficient (Wildman–Crippen LogP) is 4.16. The molecular weight excluding hydrogens is 208 g/mol. The maximum Gasteiger partial charge on any atom is 0.0403 e. The zero-order valence-electron chi connectivity index (χ0n) is 11.1. The van der Waals surface area contributed by atoms with Gasteiger partial charge in [0.05, 0.1) is 0 Å². The van der Waals surface area contributed by atoms with Crippen LogP contribution in [0.3, 0.4) is 0 Å². The van der Waals surface area contributed by atoms with Gasteiger partial charge in [-0.3, -0.25) is 4.98 Å². The third-order valence-electron chi connectivity index (χ3n) is 4.02. The summed E-state index contributed by atoms with van der Waals surface area (Å²) in [5.74, 6) is 0.862. The SMILES string of the molecule is CCC(Nc1ccncc1C)C1CCCCC1. The molecule has 0 amide bonds. The van der Waals surface area contributed by atoms with E-state index in [-0.39, 0.29) is 0 Å². The van der Waals surface area contributed by atoms with Gasteiger partial charge in [0.15, 0.2) is 0 Å². The molecule has 0 bridgehead atoms. The van der Waals surface area contributed by atoms with Crippen molar-refractivity contribution in [3.05, 3.63) is 24.0 Å². The fourth-order valence-electron chi connectivity index (χ4n) is 2.92. The first kappa shape index (κ1) is 12.4. The molecule has 1 aromatic rings. The molecule has 1 heterocycles. The Morgan fingerprint density at radius 2 is 2.12 bits per heavy atom. The molecule has 1 atom stereocenters. The molecule has 1 aliphatic carbocycles. The van der Waals surface area contributed by atoms with Crippen molar-refractivity contribution in [2.75, 3.05) is 5.32 Å². The number of hydrogen-bond donors (Lipinski definition) is 1. The van der Waals surface area contributed by atoms with Gasteiger partial charge < -0.3 is 5.32 Å². The maximum absolute atomic E-state index is 4.15. The summed E-state index contributed by atoms with van der Waals surface area (Å²) >= 11 is 0. The minimum absolute atomic E-state index is 0.636. The van der Waals surface area contributed by atoms with Crippen LogP contribution in [0.5, 0.6) is 0 Å². The molecule has 1 unspecified atom stereocenters. The van der Waals surface area contributed by atoms with Crippen molar-refractivity contribution in [2.24, 2.45) is 5.92 Å². The number of nitrogens with zero attached hydrogens (tertiary/aromatic N) is 1.